The van der Waals surface area contributed by atoms with Gasteiger partial charge < -0.3 is 15.4 Å². The Hall–Kier alpha value is -2.97. The maximum atomic E-state index is 12.1. The number of tetrazole rings is 1. The van der Waals surface area contributed by atoms with Gasteiger partial charge in [0.15, 0.2) is 11.9 Å². The third-order valence-electron chi connectivity index (χ3n) is 3.44. The highest BCUT2D eigenvalue weighted by molar-refractivity contribution is 5.99. The van der Waals surface area contributed by atoms with E-state index in [1.165, 1.54) is 4.80 Å². The van der Waals surface area contributed by atoms with Crippen molar-refractivity contribution in [1.29, 1.82) is 0 Å². The van der Waals surface area contributed by atoms with Gasteiger partial charge in [-0.2, -0.15) is 4.80 Å². The number of carbonyl (C=O) groups excluding carboxylic acids is 2. The Balaban J connectivity index is 1.66. The largest absolute Gasteiger partial charge is 0.479 e. The molecule has 1 aromatic carbocycles. The van der Waals surface area contributed by atoms with Crippen molar-refractivity contribution < 1.29 is 14.3 Å². The van der Waals surface area contributed by atoms with E-state index in [1.807, 2.05) is 13.8 Å². The molecule has 0 saturated carbocycles. The minimum atomic E-state index is -0.535. The number of benzene rings is 1. The number of hydrogen-bond acceptors (Lipinski definition) is 6. The topological polar surface area (TPSA) is 111 Å². The van der Waals surface area contributed by atoms with E-state index >= 15 is 0 Å². The highest BCUT2D eigenvalue weighted by Crippen LogP contribution is 2.32. The zero-order valence-corrected chi connectivity index (χ0v) is 13.6. The molecule has 126 valence electrons. The molecule has 0 fully saturated rings. The van der Waals surface area contributed by atoms with Crippen LogP contribution in [0.5, 0.6) is 5.75 Å². The van der Waals surface area contributed by atoms with E-state index in [0.29, 0.717) is 22.9 Å². The Kier molecular flexibility index (Phi) is 4.15. The third-order valence-corrected chi connectivity index (χ3v) is 3.44. The van der Waals surface area contributed by atoms with E-state index in [9.17, 15) is 9.59 Å². The number of amides is 2. The molecule has 2 aromatic rings. The number of carbonyl (C=O) groups is 2. The van der Waals surface area contributed by atoms with Crippen LogP contribution in [0.25, 0.3) is 0 Å². The molecule has 2 N–H and O–H groups in total. The fourth-order valence-electron chi connectivity index (χ4n) is 2.18. The molecule has 2 amide bonds. The molecule has 1 atom stereocenters. The highest BCUT2D eigenvalue weighted by Gasteiger charge is 2.23. The molecule has 9 nitrogen and oxygen atoms in total. The van der Waals surface area contributed by atoms with Gasteiger partial charge in [-0.1, -0.05) is 0 Å². The molecule has 9 heteroatoms. The number of ether oxygens (including phenoxy) is 1. The lowest BCUT2D eigenvalue weighted by Crippen LogP contribution is -2.34. The van der Waals surface area contributed by atoms with E-state index in [-0.39, 0.29) is 24.3 Å². The van der Waals surface area contributed by atoms with Gasteiger partial charge in [-0.3, -0.25) is 9.59 Å². The molecule has 0 unspecified atom stereocenters. The molecule has 0 spiro atoms. The first-order valence-electron chi connectivity index (χ1n) is 7.62. The van der Waals surface area contributed by atoms with Gasteiger partial charge in [-0.15, -0.1) is 10.2 Å². The van der Waals surface area contributed by atoms with Crippen LogP contribution in [-0.4, -0.2) is 38.1 Å². The second-order valence-electron chi connectivity index (χ2n) is 5.81. The second-order valence-corrected chi connectivity index (χ2v) is 5.81. The number of aromatic nitrogens is 4. The summed E-state index contributed by atoms with van der Waals surface area (Å²) in [5, 5.41) is 17.3. The third kappa shape index (κ3) is 3.34. The summed E-state index contributed by atoms with van der Waals surface area (Å²) in [7, 11) is 0. The van der Waals surface area contributed by atoms with Crippen molar-refractivity contribution in [3.63, 3.8) is 0 Å². The number of nitrogens with one attached hydrogen (secondary N) is 2. The van der Waals surface area contributed by atoms with Gasteiger partial charge in [0, 0.05) is 5.69 Å². The molecule has 1 aliphatic heterocycles. The van der Waals surface area contributed by atoms with E-state index in [4.69, 9.17) is 4.74 Å². The zero-order valence-electron chi connectivity index (χ0n) is 13.6. The van der Waals surface area contributed by atoms with Crippen LogP contribution < -0.4 is 15.4 Å². The number of fused-ring (bicyclic) bond motifs is 1. The lowest BCUT2D eigenvalue weighted by atomic mass is 10.2. The smallest absolute Gasteiger partial charge is 0.265 e. The van der Waals surface area contributed by atoms with Gasteiger partial charge in [0.25, 0.3) is 5.91 Å². The Morgan fingerprint density at radius 2 is 2.25 bits per heavy atom. The molecule has 3 rings (SSSR count). The minimum absolute atomic E-state index is 0.0176. The molecule has 1 aromatic heterocycles. The summed E-state index contributed by atoms with van der Waals surface area (Å²) in [6.45, 7) is 5.52. The highest BCUT2D eigenvalue weighted by atomic mass is 16.5. The summed E-state index contributed by atoms with van der Waals surface area (Å²) in [6.07, 6.45) is -0.517. The van der Waals surface area contributed by atoms with Crippen molar-refractivity contribution in [2.75, 3.05) is 10.6 Å². The monoisotopic (exact) mass is 330 g/mol. The van der Waals surface area contributed by atoms with Crippen molar-refractivity contribution in [2.24, 2.45) is 0 Å². The maximum absolute atomic E-state index is 12.1. The van der Waals surface area contributed by atoms with Crippen LogP contribution in [0.4, 0.5) is 11.4 Å². The predicted octanol–water partition coefficient (Wildman–Crippen LogP) is 1.15. The fraction of sp³-hybridized carbons (Fsp3) is 0.400. The van der Waals surface area contributed by atoms with Crippen molar-refractivity contribution in [3.05, 3.63) is 24.0 Å². The van der Waals surface area contributed by atoms with Crippen molar-refractivity contribution in [2.45, 2.75) is 39.3 Å². The molecule has 24 heavy (non-hydrogen) atoms. The lowest BCUT2D eigenvalue weighted by molar-refractivity contribution is -0.122. The summed E-state index contributed by atoms with van der Waals surface area (Å²) in [6, 6.07) is 5.14. The van der Waals surface area contributed by atoms with Crippen LogP contribution in [0, 0.1) is 0 Å². The standard InChI is InChI=1S/C15H18N6O3/c1-8(2)21-19-13(18-20-21)7-14(22)16-10-4-5-12-11(6-10)17-15(23)9(3)24-12/h4-6,8-9H,7H2,1-3H3,(H,16,22)(H,17,23)/t9-/m0/s1. The van der Waals surface area contributed by atoms with Gasteiger partial charge >= 0.3 is 0 Å². The first-order chi connectivity index (χ1) is 11.4. The Morgan fingerprint density at radius 1 is 1.46 bits per heavy atom. The first kappa shape index (κ1) is 15.9. The predicted molar refractivity (Wildman–Crippen MR) is 85.7 cm³/mol. The van der Waals surface area contributed by atoms with Gasteiger partial charge in [0.1, 0.15) is 5.75 Å². The Labute approximate surface area is 138 Å². The van der Waals surface area contributed by atoms with Gasteiger partial charge in [-0.25, -0.2) is 0 Å². The number of anilines is 2. The molecule has 2 heterocycles. The SMILES string of the molecule is CC(C)n1nnc(CC(=O)Nc2ccc3c(c2)NC(=O)[C@H](C)O3)n1. The molecule has 1 aliphatic rings. The van der Waals surface area contributed by atoms with Crippen LogP contribution in [-0.2, 0) is 16.0 Å². The summed E-state index contributed by atoms with van der Waals surface area (Å²) < 4.78 is 5.47. The minimum Gasteiger partial charge on any atom is -0.479 e. The van der Waals surface area contributed by atoms with E-state index in [0.717, 1.165) is 0 Å². The summed E-state index contributed by atoms with van der Waals surface area (Å²) in [4.78, 5) is 25.2. The second kappa shape index (κ2) is 6.26. The Bertz CT molecular complexity index is 785. The summed E-state index contributed by atoms with van der Waals surface area (Å²) in [5.74, 6) is 0.432. The van der Waals surface area contributed by atoms with Crippen LogP contribution in [0.2, 0.25) is 0 Å². The van der Waals surface area contributed by atoms with Crippen LogP contribution in [0.15, 0.2) is 18.2 Å². The van der Waals surface area contributed by atoms with Gasteiger partial charge in [-0.05, 0) is 44.2 Å². The summed E-state index contributed by atoms with van der Waals surface area (Å²) in [5.41, 5.74) is 1.08. The van der Waals surface area contributed by atoms with Crippen molar-refractivity contribution in [1.82, 2.24) is 20.2 Å². The Morgan fingerprint density at radius 3 is 2.96 bits per heavy atom. The zero-order chi connectivity index (χ0) is 17.3. The number of nitrogens with zero attached hydrogens (tertiary/aromatic N) is 4. The average Bonchev–Trinajstić information content (AvgIpc) is 2.97. The summed E-state index contributed by atoms with van der Waals surface area (Å²) >= 11 is 0. The molecule has 0 saturated heterocycles. The van der Waals surface area contributed by atoms with Crippen LogP contribution >= 0.6 is 0 Å². The molecule has 0 bridgehead atoms. The number of hydrogen-bond donors (Lipinski definition) is 2. The van der Waals surface area contributed by atoms with E-state index in [1.54, 1.807) is 25.1 Å². The van der Waals surface area contributed by atoms with E-state index in [2.05, 4.69) is 26.0 Å². The van der Waals surface area contributed by atoms with Gasteiger partial charge in [0.2, 0.25) is 5.91 Å². The van der Waals surface area contributed by atoms with Crippen LogP contribution in [0.1, 0.15) is 32.6 Å². The number of rotatable bonds is 4. The fourth-order valence-corrected chi connectivity index (χ4v) is 2.18. The molecule has 0 aliphatic carbocycles. The van der Waals surface area contributed by atoms with Crippen molar-refractivity contribution >= 4 is 23.2 Å². The van der Waals surface area contributed by atoms with E-state index < -0.39 is 6.10 Å². The normalized spacial score (nSPS) is 16.3. The quantitative estimate of drug-likeness (QED) is 0.870. The molecular formula is C15H18N6O3. The average molecular weight is 330 g/mol. The molecular weight excluding hydrogens is 312 g/mol. The maximum Gasteiger partial charge on any atom is 0.265 e. The first-order valence-corrected chi connectivity index (χ1v) is 7.62. The van der Waals surface area contributed by atoms with Crippen molar-refractivity contribution in [3.8, 4) is 5.75 Å². The van der Waals surface area contributed by atoms with Gasteiger partial charge in [0.05, 0.1) is 18.2 Å². The lowest BCUT2D eigenvalue weighted by Gasteiger charge is -2.23. The molecule has 0 radical (unpaired) electrons. The van der Waals surface area contributed by atoms with Crippen LogP contribution in [0.3, 0.4) is 0 Å².